The lowest BCUT2D eigenvalue weighted by Gasteiger charge is -2.29. The average molecular weight is 553 g/mol. The van der Waals surface area contributed by atoms with Gasteiger partial charge in [0.25, 0.3) is 0 Å². The molecule has 42 heavy (non-hydrogen) atoms. The molecule has 0 fully saturated rings. The standard InChI is InChI=1S/C34H24N4O4/c1-40-26-13-12-22(17-28(26)41-2)29-30-23-10-6-5-7-19(23)11-14-27(30)42-34-31(29)33-36-32(37-38(33)18-35-34)24-15-20-8-3-4-9-21(20)16-25(24)39/h3-18,29,39H,1-2H3/t29-/m1/s1. The van der Waals surface area contributed by atoms with E-state index in [0.717, 1.165) is 44.0 Å². The monoisotopic (exact) mass is 552 g/mol. The summed E-state index contributed by atoms with van der Waals surface area (Å²) in [5.74, 6) is 2.62. The number of phenolic OH excluding ortho intramolecular Hbond substituents is 1. The van der Waals surface area contributed by atoms with Crippen molar-refractivity contribution in [2.75, 3.05) is 14.2 Å². The SMILES string of the molecule is COc1ccc([C@@H]2c3c(ccc4ccccc34)Oc3ncn4nc(-c5cc6ccccc6cc5O)nc4c32)cc1OC. The van der Waals surface area contributed by atoms with E-state index in [2.05, 4.69) is 23.2 Å². The zero-order valence-corrected chi connectivity index (χ0v) is 22.8. The Bertz CT molecular complexity index is 2190. The van der Waals surface area contributed by atoms with Crippen LogP contribution >= 0.6 is 0 Å². The molecule has 3 heterocycles. The van der Waals surface area contributed by atoms with Gasteiger partial charge in [0.2, 0.25) is 5.88 Å². The van der Waals surface area contributed by atoms with Gasteiger partial charge in [0, 0.05) is 11.5 Å². The van der Waals surface area contributed by atoms with Crippen LogP contribution in [0.2, 0.25) is 0 Å². The van der Waals surface area contributed by atoms with Crippen LogP contribution in [0.3, 0.4) is 0 Å². The summed E-state index contributed by atoms with van der Waals surface area (Å²) in [6, 6.07) is 29.7. The number of ether oxygens (including phenoxy) is 3. The third-order valence-electron chi connectivity index (χ3n) is 7.95. The van der Waals surface area contributed by atoms with Crippen LogP contribution in [-0.4, -0.2) is 38.9 Å². The number of rotatable bonds is 4. The number of benzene rings is 5. The molecule has 0 unspecified atom stereocenters. The maximum atomic E-state index is 11.0. The molecule has 0 spiro atoms. The minimum atomic E-state index is -0.312. The number of aromatic hydroxyl groups is 1. The topological polar surface area (TPSA) is 91.0 Å². The predicted molar refractivity (Wildman–Crippen MR) is 160 cm³/mol. The molecule has 0 amide bonds. The maximum Gasteiger partial charge on any atom is 0.228 e. The van der Waals surface area contributed by atoms with E-state index in [1.165, 1.54) is 0 Å². The molecule has 1 aliphatic heterocycles. The predicted octanol–water partition coefficient (Wildman–Crippen LogP) is 7.11. The molecule has 1 N–H and O–H groups in total. The van der Waals surface area contributed by atoms with Crippen molar-refractivity contribution in [3.8, 4) is 40.3 Å². The highest BCUT2D eigenvalue weighted by Gasteiger charge is 2.35. The van der Waals surface area contributed by atoms with E-state index in [-0.39, 0.29) is 11.7 Å². The molecule has 7 aromatic rings. The summed E-state index contributed by atoms with van der Waals surface area (Å²) in [4.78, 5) is 9.66. The van der Waals surface area contributed by atoms with Crippen LogP contribution in [0.4, 0.5) is 0 Å². The highest BCUT2D eigenvalue weighted by molar-refractivity contribution is 5.92. The fourth-order valence-corrected chi connectivity index (χ4v) is 5.99. The fourth-order valence-electron chi connectivity index (χ4n) is 5.99. The quantitative estimate of drug-likeness (QED) is 0.249. The van der Waals surface area contributed by atoms with Gasteiger partial charge in [-0.2, -0.15) is 0 Å². The van der Waals surface area contributed by atoms with E-state index < -0.39 is 0 Å². The van der Waals surface area contributed by atoms with Gasteiger partial charge < -0.3 is 19.3 Å². The van der Waals surface area contributed by atoms with E-state index in [1.807, 2.05) is 66.7 Å². The lowest BCUT2D eigenvalue weighted by atomic mass is 9.81. The van der Waals surface area contributed by atoms with Crippen LogP contribution in [0.25, 0.3) is 38.6 Å². The maximum absolute atomic E-state index is 11.0. The van der Waals surface area contributed by atoms with Crippen molar-refractivity contribution >= 4 is 27.2 Å². The van der Waals surface area contributed by atoms with Gasteiger partial charge in [-0.05, 0) is 57.4 Å². The second kappa shape index (κ2) is 9.21. The second-order valence-corrected chi connectivity index (χ2v) is 10.2. The van der Waals surface area contributed by atoms with E-state index in [9.17, 15) is 5.11 Å². The molecule has 0 aliphatic carbocycles. The molecule has 204 valence electrons. The summed E-state index contributed by atoms with van der Waals surface area (Å²) in [5.41, 5.74) is 3.86. The molecular weight excluding hydrogens is 528 g/mol. The normalized spacial score (nSPS) is 14.0. The Labute approximate surface area is 240 Å². The van der Waals surface area contributed by atoms with Crippen molar-refractivity contribution in [1.82, 2.24) is 19.6 Å². The summed E-state index contributed by atoms with van der Waals surface area (Å²) in [7, 11) is 3.25. The number of methoxy groups -OCH3 is 2. The summed E-state index contributed by atoms with van der Waals surface area (Å²) < 4.78 is 19.3. The molecule has 5 aromatic carbocycles. The zero-order chi connectivity index (χ0) is 28.4. The Hall–Kier alpha value is -5.63. The van der Waals surface area contributed by atoms with E-state index in [4.69, 9.17) is 24.3 Å². The molecule has 1 aliphatic rings. The van der Waals surface area contributed by atoms with Gasteiger partial charge in [-0.25, -0.2) is 14.5 Å². The largest absolute Gasteiger partial charge is 0.507 e. The van der Waals surface area contributed by atoms with Crippen molar-refractivity contribution in [3.05, 3.63) is 114 Å². The van der Waals surface area contributed by atoms with Gasteiger partial charge in [0.05, 0.1) is 25.3 Å². The number of phenols is 1. The van der Waals surface area contributed by atoms with Crippen LogP contribution in [0, 0.1) is 0 Å². The van der Waals surface area contributed by atoms with Crippen molar-refractivity contribution < 1.29 is 19.3 Å². The van der Waals surface area contributed by atoms with Crippen LogP contribution in [0.15, 0.2) is 97.3 Å². The Balaban J connectivity index is 1.41. The van der Waals surface area contributed by atoms with Gasteiger partial charge in [0.15, 0.2) is 23.0 Å². The van der Waals surface area contributed by atoms with E-state index >= 15 is 0 Å². The first kappa shape index (κ1) is 24.2. The number of nitrogens with zero attached hydrogens (tertiary/aromatic N) is 4. The molecular formula is C34H24N4O4. The third-order valence-corrected chi connectivity index (χ3v) is 7.95. The number of hydrogen-bond acceptors (Lipinski definition) is 7. The number of aromatic nitrogens is 4. The van der Waals surface area contributed by atoms with Gasteiger partial charge in [0.1, 0.15) is 17.8 Å². The molecule has 1 atom stereocenters. The molecule has 0 bridgehead atoms. The molecule has 0 saturated carbocycles. The minimum Gasteiger partial charge on any atom is -0.507 e. The number of fused-ring (bicyclic) bond motifs is 7. The van der Waals surface area contributed by atoms with Crippen molar-refractivity contribution in [2.24, 2.45) is 0 Å². The molecule has 8 heteroatoms. The van der Waals surface area contributed by atoms with Crippen LogP contribution in [-0.2, 0) is 0 Å². The highest BCUT2D eigenvalue weighted by atomic mass is 16.5. The smallest absolute Gasteiger partial charge is 0.228 e. The van der Waals surface area contributed by atoms with Gasteiger partial charge in [-0.3, -0.25) is 0 Å². The molecule has 8 nitrogen and oxygen atoms in total. The fraction of sp³-hybridized carbons (Fsp3) is 0.0882. The molecule has 8 rings (SSSR count). The van der Waals surface area contributed by atoms with Crippen LogP contribution < -0.4 is 14.2 Å². The molecule has 0 radical (unpaired) electrons. The van der Waals surface area contributed by atoms with E-state index in [0.29, 0.717) is 34.4 Å². The van der Waals surface area contributed by atoms with Gasteiger partial charge in [-0.15, -0.1) is 5.10 Å². The number of hydrogen-bond donors (Lipinski definition) is 1. The Morgan fingerprint density at radius 2 is 1.55 bits per heavy atom. The van der Waals surface area contributed by atoms with Gasteiger partial charge in [-0.1, -0.05) is 60.7 Å². The summed E-state index contributed by atoms with van der Waals surface area (Å²) in [6.07, 6.45) is 1.60. The van der Waals surface area contributed by atoms with Gasteiger partial charge >= 0.3 is 0 Å². The Morgan fingerprint density at radius 1 is 0.786 bits per heavy atom. The van der Waals surface area contributed by atoms with Crippen molar-refractivity contribution in [3.63, 3.8) is 0 Å². The molecule has 0 saturated heterocycles. The summed E-state index contributed by atoms with van der Waals surface area (Å²) in [5, 5.41) is 19.8. The highest BCUT2D eigenvalue weighted by Crippen LogP contribution is 2.51. The first-order valence-corrected chi connectivity index (χ1v) is 13.5. The van der Waals surface area contributed by atoms with Crippen molar-refractivity contribution in [2.45, 2.75) is 5.92 Å². The lowest BCUT2D eigenvalue weighted by Crippen LogP contribution is -2.15. The third kappa shape index (κ3) is 3.58. The summed E-state index contributed by atoms with van der Waals surface area (Å²) in [6.45, 7) is 0. The van der Waals surface area contributed by atoms with Crippen molar-refractivity contribution in [1.29, 1.82) is 0 Å². The zero-order valence-electron chi connectivity index (χ0n) is 22.8. The lowest BCUT2D eigenvalue weighted by molar-refractivity contribution is 0.354. The average Bonchev–Trinajstić information content (AvgIpc) is 3.47. The Morgan fingerprint density at radius 3 is 2.36 bits per heavy atom. The molecule has 2 aromatic heterocycles. The minimum absolute atomic E-state index is 0.107. The summed E-state index contributed by atoms with van der Waals surface area (Å²) >= 11 is 0. The van der Waals surface area contributed by atoms with E-state index in [1.54, 1.807) is 31.1 Å². The first-order valence-electron chi connectivity index (χ1n) is 13.5. The first-order chi connectivity index (χ1) is 20.6. The second-order valence-electron chi connectivity index (χ2n) is 10.2. The Kier molecular flexibility index (Phi) is 5.30. The van der Waals surface area contributed by atoms with Crippen LogP contribution in [0.5, 0.6) is 28.9 Å². The van der Waals surface area contributed by atoms with Crippen LogP contribution in [0.1, 0.15) is 22.6 Å².